The molecule has 104 valence electrons. The first-order valence-electron chi connectivity index (χ1n) is 5.13. The fourth-order valence-electron chi connectivity index (χ4n) is 1.57. The summed E-state index contributed by atoms with van der Waals surface area (Å²) in [6, 6.07) is 0. The van der Waals surface area contributed by atoms with E-state index in [1.165, 1.54) is 19.1 Å². The van der Waals surface area contributed by atoms with Crippen molar-refractivity contribution < 1.29 is 27.9 Å². The van der Waals surface area contributed by atoms with Crippen LogP contribution in [0.3, 0.4) is 0 Å². The van der Waals surface area contributed by atoms with Crippen molar-refractivity contribution >= 4 is 22.7 Å². The molecule has 1 aliphatic heterocycles. The van der Waals surface area contributed by atoms with Gasteiger partial charge in [-0.05, 0) is 13.8 Å². The smallest absolute Gasteiger partial charge is 0.449 e. The minimum Gasteiger partial charge on any atom is -0.504 e. The molecule has 0 bridgehead atoms. The molecule has 7 heteroatoms. The number of ketones is 1. The van der Waals surface area contributed by atoms with Gasteiger partial charge in [-0.1, -0.05) is 36.1 Å². The van der Waals surface area contributed by atoms with Gasteiger partial charge in [-0.3, -0.25) is 9.59 Å². The maximum atomic E-state index is 12.4. The predicted molar refractivity (Wildman–Crippen MR) is 65.7 cm³/mol. The molecule has 1 fully saturated rings. The zero-order chi connectivity index (χ0) is 15.0. The second-order valence-corrected chi connectivity index (χ2v) is 5.56. The van der Waals surface area contributed by atoms with Crippen molar-refractivity contribution in [2.24, 2.45) is 0 Å². The number of hydrogen-bond acceptors (Lipinski definition) is 4. The van der Waals surface area contributed by atoms with E-state index in [0.717, 1.165) is 0 Å². The van der Waals surface area contributed by atoms with Gasteiger partial charge in [-0.15, -0.1) is 0 Å². The number of alkyl halides is 3. The molecule has 1 heterocycles. The summed E-state index contributed by atoms with van der Waals surface area (Å²) in [5.74, 6) is -3.19. The Hall–Kier alpha value is -1.50. The van der Waals surface area contributed by atoms with Gasteiger partial charge in [0, 0.05) is 0 Å². The standard InChI is InChI=1S/C12H11F3O3S/c1-4-6(2)5-11(3)8(16)7(10(18)19-11)9(17)12(13,14)15/h4-5,17H,1H2,2-3H3/b6-5+,9-7-/t11-/m1/s1. The molecule has 1 aliphatic rings. The molecule has 0 aliphatic carbocycles. The van der Waals surface area contributed by atoms with E-state index in [0.29, 0.717) is 17.3 Å². The molecule has 1 N–H and O–H groups in total. The van der Waals surface area contributed by atoms with Crippen LogP contribution in [0.2, 0.25) is 0 Å². The van der Waals surface area contributed by atoms with E-state index < -0.39 is 33.2 Å². The first-order chi connectivity index (χ1) is 8.53. The molecule has 1 rings (SSSR count). The monoisotopic (exact) mass is 292 g/mol. The highest BCUT2D eigenvalue weighted by molar-refractivity contribution is 8.17. The zero-order valence-electron chi connectivity index (χ0n) is 10.2. The van der Waals surface area contributed by atoms with E-state index in [4.69, 9.17) is 5.11 Å². The number of aliphatic hydroxyl groups is 1. The Balaban J connectivity index is 3.36. The fraction of sp³-hybridized carbons (Fsp3) is 0.333. The summed E-state index contributed by atoms with van der Waals surface area (Å²) < 4.78 is 35.7. The van der Waals surface area contributed by atoms with Gasteiger partial charge in [0.15, 0.2) is 5.78 Å². The highest BCUT2D eigenvalue weighted by atomic mass is 32.2. The molecule has 19 heavy (non-hydrogen) atoms. The number of thioether (sulfide) groups is 1. The molecule has 0 unspecified atom stereocenters. The van der Waals surface area contributed by atoms with E-state index in [1.807, 2.05) is 0 Å². The average molecular weight is 292 g/mol. The van der Waals surface area contributed by atoms with Crippen molar-refractivity contribution in [1.82, 2.24) is 0 Å². The van der Waals surface area contributed by atoms with Crippen LogP contribution in [0.1, 0.15) is 13.8 Å². The van der Waals surface area contributed by atoms with Crippen molar-refractivity contribution in [3.63, 3.8) is 0 Å². The molecule has 1 saturated heterocycles. The van der Waals surface area contributed by atoms with Crippen molar-refractivity contribution in [3.8, 4) is 0 Å². The van der Waals surface area contributed by atoms with Crippen LogP contribution < -0.4 is 0 Å². The quantitative estimate of drug-likeness (QED) is 0.368. The lowest BCUT2D eigenvalue weighted by molar-refractivity contribution is -0.129. The Kier molecular flexibility index (Phi) is 4.00. The summed E-state index contributed by atoms with van der Waals surface area (Å²) in [5.41, 5.74) is -0.656. The Morgan fingerprint density at radius 3 is 2.37 bits per heavy atom. The van der Waals surface area contributed by atoms with Crippen LogP contribution in [0.15, 0.2) is 35.6 Å². The third kappa shape index (κ3) is 2.91. The highest BCUT2D eigenvalue weighted by Gasteiger charge is 2.52. The van der Waals surface area contributed by atoms with Gasteiger partial charge in [-0.2, -0.15) is 13.2 Å². The van der Waals surface area contributed by atoms with Crippen LogP contribution in [-0.4, -0.2) is 26.9 Å². The second kappa shape index (κ2) is 4.88. The van der Waals surface area contributed by atoms with Crippen LogP contribution in [0, 0.1) is 0 Å². The normalized spacial score (nSPS) is 27.7. The number of aliphatic hydroxyl groups excluding tert-OH is 1. The zero-order valence-corrected chi connectivity index (χ0v) is 11.0. The van der Waals surface area contributed by atoms with Crippen molar-refractivity contribution in [2.45, 2.75) is 24.8 Å². The summed E-state index contributed by atoms with van der Waals surface area (Å²) in [5, 5.41) is 7.92. The van der Waals surface area contributed by atoms with E-state index in [1.54, 1.807) is 6.92 Å². The lowest BCUT2D eigenvalue weighted by Crippen LogP contribution is -2.27. The van der Waals surface area contributed by atoms with Crippen molar-refractivity contribution in [3.05, 3.63) is 35.6 Å². The summed E-state index contributed by atoms with van der Waals surface area (Å²) in [4.78, 5) is 23.5. The highest BCUT2D eigenvalue weighted by Crippen LogP contribution is 2.44. The number of allylic oxidation sites excluding steroid dienone is 3. The molecule has 0 aromatic heterocycles. The Labute approximate surface area is 111 Å². The van der Waals surface area contributed by atoms with Gasteiger partial charge in [0.25, 0.3) is 0 Å². The summed E-state index contributed by atoms with van der Waals surface area (Å²) in [6.45, 7) is 6.38. The SMILES string of the molecule is C=C/C(C)=C/[C@@]1(C)SC(=O)/C(=C(\O)C(F)(F)F)C1=O. The van der Waals surface area contributed by atoms with Crippen LogP contribution in [0.4, 0.5) is 13.2 Å². The van der Waals surface area contributed by atoms with Crippen LogP contribution in [-0.2, 0) is 9.59 Å². The maximum Gasteiger partial charge on any atom is 0.449 e. The molecule has 0 aromatic rings. The Morgan fingerprint density at radius 1 is 1.42 bits per heavy atom. The van der Waals surface area contributed by atoms with Gasteiger partial charge in [-0.25, -0.2) is 0 Å². The molecule has 3 nitrogen and oxygen atoms in total. The molecule has 0 aromatic carbocycles. The Bertz CT molecular complexity index is 517. The number of carbonyl (C=O) groups is 2. The van der Waals surface area contributed by atoms with Crippen molar-refractivity contribution in [2.75, 3.05) is 0 Å². The topological polar surface area (TPSA) is 54.4 Å². The third-order valence-corrected chi connectivity index (χ3v) is 3.63. The van der Waals surface area contributed by atoms with Gasteiger partial charge >= 0.3 is 6.18 Å². The summed E-state index contributed by atoms with van der Waals surface area (Å²) >= 11 is 0.442. The molecule has 0 saturated carbocycles. The summed E-state index contributed by atoms with van der Waals surface area (Å²) in [7, 11) is 0. The predicted octanol–water partition coefficient (Wildman–Crippen LogP) is 3.09. The Morgan fingerprint density at radius 2 is 1.95 bits per heavy atom. The number of Topliss-reactive ketones (excluding diaryl/α,β-unsaturated/α-hetero) is 1. The lowest BCUT2D eigenvalue weighted by Gasteiger charge is -2.15. The molecule has 0 radical (unpaired) electrons. The third-order valence-electron chi connectivity index (χ3n) is 2.52. The van der Waals surface area contributed by atoms with E-state index in [-0.39, 0.29) is 0 Å². The fourth-order valence-corrected chi connectivity index (χ4v) is 2.68. The van der Waals surface area contributed by atoms with E-state index in [2.05, 4.69) is 6.58 Å². The van der Waals surface area contributed by atoms with Crippen LogP contribution >= 0.6 is 11.8 Å². The van der Waals surface area contributed by atoms with Gasteiger partial charge in [0.05, 0.1) is 0 Å². The summed E-state index contributed by atoms with van der Waals surface area (Å²) in [6.07, 6.45) is -2.36. The van der Waals surface area contributed by atoms with Crippen LogP contribution in [0.25, 0.3) is 0 Å². The minimum atomic E-state index is -5.12. The lowest BCUT2D eigenvalue weighted by atomic mass is 9.96. The number of halogens is 3. The first-order valence-corrected chi connectivity index (χ1v) is 5.95. The van der Waals surface area contributed by atoms with Gasteiger partial charge in [0.2, 0.25) is 10.9 Å². The van der Waals surface area contributed by atoms with Gasteiger partial charge in [0.1, 0.15) is 10.3 Å². The largest absolute Gasteiger partial charge is 0.504 e. The average Bonchev–Trinajstić information content (AvgIpc) is 2.47. The van der Waals surface area contributed by atoms with E-state index in [9.17, 15) is 22.8 Å². The maximum absolute atomic E-state index is 12.4. The van der Waals surface area contributed by atoms with Crippen molar-refractivity contribution in [1.29, 1.82) is 0 Å². The molecule has 0 spiro atoms. The number of hydrogen-bond donors (Lipinski definition) is 1. The molecule has 1 atom stereocenters. The van der Waals surface area contributed by atoms with E-state index >= 15 is 0 Å². The molecular formula is C12H11F3O3S. The molecular weight excluding hydrogens is 281 g/mol. The molecule has 0 amide bonds. The number of carbonyl (C=O) groups excluding carboxylic acids is 2. The second-order valence-electron chi connectivity index (χ2n) is 4.14. The van der Waals surface area contributed by atoms with Crippen LogP contribution in [0.5, 0.6) is 0 Å². The number of rotatable bonds is 2. The first kappa shape index (κ1) is 15.6. The van der Waals surface area contributed by atoms with Gasteiger partial charge < -0.3 is 5.11 Å². The minimum absolute atomic E-state index is 0.442.